The highest BCUT2D eigenvalue weighted by molar-refractivity contribution is 6.00. The minimum absolute atomic E-state index is 0.0125. The van der Waals surface area contributed by atoms with E-state index >= 15 is 0 Å². The van der Waals surface area contributed by atoms with Crippen LogP contribution in [0.25, 0.3) is 11.1 Å². The Morgan fingerprint density at radius 1 is 0.921 bits per heavy atom. The maximum Gasteiger partial charge on any atom is 0.268 e. The topological polar surface area (TPSA) is 86.7 Å². The predicted octanol–water partition coefficient (Wildman–Crippen LogP) is 7.27. The summed E-state index contributed by atoms with van der Waals surface area (Å²) >= 11 is 0. The molecule has 0 aliphatic heterocycles. The van der Waals surface area contributed by atoms with E-state index in [9.17, 15) is 19.5 Å². The number of hydrogen-bond acceptors (Lipinski definition) is 5. The maximum atomic E-state index is 13.2. The zero-order valence-corrected chi connectivity index (χ0v) is 24.8. The second-order valence-corrected chi connectivity index (χ2v) is 11.5. The van der Waals surface area contributed by atoms with Crippen molar-refractivity contribution in [2.75, 3.05) is 23.3 Å². The van der Waals surface area contributed by atoms with Gasteiger partial charge >= 0.3 is 0 Å². The quantitative estimate of drug-likeness (QED) is 0.212. The summed E-state index contributed by atoms with van der Waals surface area (Å²) in [5.41, 5.74) is -0.363. The van der Waals surface area contributed by atoms with Crippen molar-refractivity contribution in [1.82, 2.24) is 0 Å². The molecule has 2 N–H and O–H groups in total. The molecule has 2 atom stereocenters. The van der Waals surface area contributed by atoms with Gasteiger partial charge in [0.05, 0.1) is 11.3 Å². The number of amides is 1. The first-order chi connectivity index (χ1) is 18.0. The van der Waals surface area contributed by atoms with Crippen molar-refractivity contribution in [3.63, 3.8) is 0 Å². The van der Waals surface area contributed by atoms with E-state index in [1.54, 1.807) is 6.07 Å². The van der Waals surface area contributed by atoms with Crippen molar-refractivity contribution in [1.29, 1.82) is 0 Å². The second-order valence-electron chi connectivity index (χ2n) is 11.5. The molecule has 1 amide bonds. The number of anilines is 2. The van der Waals surface area contributed by atoms with Crippen LogP contribution in [0.15, 0.2) is 27.8 Å². The molecule has 2 rings (SSSR count). The van der Waals surface area contributed by atoms with Crippen LogP contribution in [0.2, 0.25) is 0 Å². The molecule has 0 bridgehead atoms. The van der Waals surface area contributed by atoms with Crippen LogP contribution >= 0.6 is 0 Å². The minimum Gasteiger partial charge on any atom is -0.503 e. The molecule has 0 heterocycles. The van der Waals surface area contributed by atoms with Crippen LogP contribution in [0.3, 0.4) is 0 Å². The summed E-state index contributed by atoms with van der Waals surface area (Å²) in [6.45, 7) is 16.5. The maximum absolute atomic E-state index is 13.2. The van der Waals surface area contributed by atoms with Gasteiger partial charge in [-0.1, -0.05) is 87.0 Å². The van der Waals surface area contributed by atoms with Gasteiger partial charge < -0.3 is 15.3 Å². The van der Waals surface area contributed by atoms with E-state index in [0.29, 0.717) is 29.5 Å². The highest BCUT2D eigenvalue weighted by Gasteiger charge is 2.29. The van der Waals surface area contributed by atoms with Crippen molar-refractivity contribution in [3.8, 4) is 16.9 Å². The molecule has 0 aromatic heterocycles. The molecule has 212 valence electrons. The van der Waals surface area contributed by atoms with Crippen molar-refractivity contribution in [3.05, 3.63) is 38.6 Å². The van der Waals surface area contributed by atoms with E-state index in [1.807, 2.05) is 32.9 Å². The molecular weight excluding hydrogens is 476 g/mol. The molecule has 2 unspecified atom stereocenters. The third kappa shape index (κ3) is 7.70. The molecule has 0 spiro atoms. The number of carbonyl (C=O) groups is 1. The Bertz CT molecular complexity index is 1100. The molecule has 0 saturated carbocycles. The summed E-state index contributed by atoms with van der Waals surface area (Å²) in [5.74, 6) is 0.439. The number of aromatic hydroxyl groups is 1. The van der Waals surface area contributed by atoms with Crippen LogP contribution in [0.1, 0.15) is 106 Å². The molecule has 0 radical (unpaired) electrons. The van der Waals surface area contributed by atoms with Gasteiger partial charge in [0, 0.05) is 29.8 Å². The van der Waals surface area contributed by atoms with Crippen LogP contribution in [0, 0.1) is 17.3 Å². The number of rotatable bonds is 17. The van der Waals surface area contributed by atoms with Gasteiger partial charge in [-0.2, -0.15) is 0 Å². The Morgan fingerprint density at radius 3 is 1.92 bits per heavy atom. The molecule has 2 aromatic carbocycles. The van der Waals surface area contributed by atoms with Crippen LogP contribution in [0.5, 0.6) is 5.75 Å². The SMILES string of the molecule is CCCCC(CC)CN(CC(CC)CCCC)c1ccc(-c2c(O)c(=O)c2=O)c(NC(=O)C(C)(C)CC)c1. The molecule has 2 aromatic rings. The molecule has 0 aliphatic rings. The lowest BCUT2D eigenvalue weighted by molar-refractivity contribution is -0.124. The van der Waals surface area contributed by atoms with Gasteiger partial charge in [0.25, 0.3) is 5.43 Å². The van der Waals surface area contributed by atoms with Gasteiger partial charge in [0.1, 0.15) is 0 Å². The average molecular weight is 527 g/mol. The Kier molecular flexibility index (Phi) is 12.1. The van der Waals surface area contributed by atoms with Gasteiger partial charge in [-0.15, -0.1) is 0 Å². The molecule has 38 heavy (non-hydrogen) atoms. The van der Waals surface area contributed by atoms with Gasteiger partial charge in [-0.25, -0.2) is 0 Å². The first kappa shape index (κ1) is 31.6. The fraction of sp³-hybridized carbons (Fsp3) is 0.656. The summed E-state index contributed by atoms with van der Waals surface area (Å²) in [5, 5.41) is 13.2. The van der Waals surface area contributed by atoms with E-state index in [2.05, 4.69) is 37.9 Å². The molecule has 0 fully saturated rings. The van der Waals surface area contributed by atoms with E-state index in [4.69, 9.17) is 0 Å². The number of nitrogens with one attached hydrogen (secondary N) is 1. The molecular formula is C32H50N2O4. The van der Waals surface area contributed by atoms with Crippen molar-refractivity contribution in [2.24, 2.45) is 17.3 Å². The van der Waals surface area contributed by atoms with E-state index in [-0.39, 0.29) is 11.5 Å². The average Bonchev–Trinajstić information content (AvgIpc) is 2.92. The normalized spacial score (nSPS) is 13.4. The molecule has 6 heteroatoms. The smallest absolute Gasteiger partial charge is 0.268 e. The lowest BCUT2D eigenvalue weighted by Gasteiger charge is -2.33. The Hall–Kier alpha value is -2.63. The molecule has 0 aliphatic carbocycles. The largest absolute Gasteiger partial charge is 0.503 e. The number of nitrogens with zero attached hydrogens (tertiary/aromatic N) is 1. The first-order valence-corrected chi connectivity index (χ1v) is 14.8. The van der Waals surface area contributed by atoms with Gasteiger partial charge in [-0.05, 0) is 49.3 Å². The van der Waals surface area contributed by atoms with Crippen LogP contribution in [0.4, 0.5) is 11.4 Å². The second kappa shape index (κ2) is 14.5. The third-order valence-electron chi connectivity index (χ3n) is 8.31. The zero-order chi connectivity index (χ0) is 28.5. The monoisotopic (exact) mass is 526 g/mol. The Labute approximate surface area is 229 Å². The van der Waals surface area contributed by atoms with E-state index in [0.717, 1.165) is 31.6 Å². The van der Waals surface area contributed by atoms with Crippen molar-refractivity contribution < 1.29 is 9.90 Å². The summed E-state index contributed by atoms with van der Waals surface area (Å²) in [7, 11) is 0. The van der Waals surface area contributed by atoms with E-state index in [1.165, 1.54) is 38.5 Å². The van der Waals surface area contributed by atoms with Crippen molar-refractivity contribution in [2.45, 2.75) is 106 Å². The van der Waals surface area contributed by atoms with Crippen LogP contribution in [-0.2, 0) is 4.79 Å². The van der Waals surface area contributed by atoms with Gasteiger partial charge in [-0.3, -0.25) is 14.4 Å². The summed E-state index contributed by atoms with van der Waals surface area (Å²) in [6.07, 6.45) is 9.97. The van der Waals surface area contributed by atoms with E-state index < -0.39 is 22.0 Å². The fourth-order valence-electron chi connectivity index (χ4n) is 4.88. The first-order valence-electron chi connectivity index (χ1n) is 14.8. The number of unbranched alkanes of at least 4 members (excludes halogenated alkanes) is 2. The molecule has 0 saturated heterocycles. The van der Waals surface area contributed by atoms with Crippen LogP contribution in [-0.4, -0.2) is 24.1 Å². The highest BCUT2D eigenvalue weighted by Crippen LogP contribution is 2.36. The summed E-state index contributed by atoms with van der Waals surface area (Å²) in [4.78, 5) is 39.8. The summed E-state index contributed by atoms with van der Waals surface area (Å²) in [6, 6.07) is 5.66. The highest BCUT2D eigenvalue weighted by atomic mass is 16.3. The minimum atomic E-state index is -0.875. The number of carbonyl (C=O) groups excluding carboxylic acids is 1. The fourth-order valence-corrected chi connectivity index (χ4v) is 4.88. The lowest BCUT2D eigenvalue weighted by Crippen LogP contribution is -2.35. The lowest BCUT2D eigenvalue weighted by atomic mass is 9.88. The van der Waals surface area contributed by atoms with Crippen LogP contribution < -0.4 is 21.1 Å². The molecule has 6 nitrogen and oxygen atoms in total. The standard InChI is InChI=1S/C32H50N2O4/c1-8-13-15-22(10-3)20-34(21-23(11-4)16-14-9-2)24-17-18-25(27-28(35)30(37)29(27)36)26(19-24)33-31(38)32(6,7)12-5/h17-19,22-23,35H,8-16,20-21H2,1-7H3,(H,33,38). The predicted molar refractivity (Wildman–Crippen MR) is 160 cm³/mol. The third-order valence-corrected chi connectivity index (χ3v) is 8.31. The zero-order valence-electron chi connectivity index (χ0n) is 24.8. The van der Waals surface area contributed by atoms with Crippen molar-refractivity contribution >= 4 is 17.3 Å². The van der Waals surface area contributed by atoms with Gasteiger partial charge in [0.2, 0.25) is 11.3 Å². The van der Waals surface area contributed by atoms with Gasteiger partial charge in [0.15, 0.2) is 5.75 Å². The summed E-state index contributed by atoms with van der Waals surface area (Å²) < 4.78 is 0. The number of hydrogen-bond donors (Lipinski definition) is 2. The Morgan fingerprint density at radius 2 is 1.47 bits per heavy atom. The number of benzene rings is 1. The Balaban J connectivity index is 2.57.